The van der Waals surface area contributed by atoms with Gasteiger partial charge in [0.1, 0.15) is 11.6 Å². The second-order valence-electron chi connectivity index (χ2n) is 4.53. The monoisotopic (exact) mass is 293 g/mol. The summed E-state index contributed by atoms with van der Waals surface area (Å²) in [6, 6.07) is 11.2. The minimum absolute atomic E-state index is 0.245. The van der Waals surface area contributed by atoms with Gasteiger partial charge in [0.25, 0.3) is 0 Å². The van der Waals surface area contributed by atoms with E-state index in [2.05, 4.69) is 12.2 Å². The highest BCUT2D eigenvalue weighted by molar-refractivity contribution is 7.99. The second-order valence-corrected chi connectivity index (χ2v) is 5.67. The van der Waals surface area contributed by atoms with Crippen LogP contribution in [0.15, 0.2) is 52.3 Å². The van der Waals surface area contributed by atoms with Crippen LogP contribution in [0.25, 0.3) is 0 Å². The molecule has 0 aromatic heterocycles. The van der Waals surface area contributed by atoms with Crippen molar-refractivity contribution in [1.82, 2.24) is 5.32 Å². The number of nitrogens with one attached hydrogen (secondary N) is 1. The van der Waals surface area contributed by atoms with Gasteiger partial charge in [0.15, 0.2) is 0 Å². The fourth-order valence-corrected chi connectivity index (χ4v) is 2.76. The summed E-state index contributed by atoms with van der Waals surface area (Å²) in [4.78, 5) is 1.72. The quantitative estimate of drug-likeness (QED) is 0.780. The lowest BCUT2D eigenvalue weighted by Crippen LogP contribution is -2.13. The molecule has 2 aromatic carbocycles. The summed E-state index contributed by atoms with van der Waals surface area (Å²) in [7, 11) is 0. The molecular weight excluding hydrogens is 276 g/mol. The Bertz CT molecular complexity index is 555. The summed E-state index contributed by atoms with van der Waals surface area (Å²) >= 11 is 1.43. The summed E-state index contributed by atoms with van der Waals surface area (Å²) in [5, 5.41) is 3.25. The van der Waals surface area contributed by atoms with E-state index in [0.717, 1.165) is 28.3 Å². The topological polar surface area (TPSA) is 12.0 Å². The molecule has 0 saturated carbocycles. The van der Waals surface area contributed by atoms with E-state index in [1.54, 1.807) is 12.1 Å². The van der Waals surface area contributed by atoms with Gasteiger partial charge in [0.2, 0.25) is 0 Å². The molecule has 0 spiro atoms. The summed E-state index contributed by atoms with van der Waals surface area (Å²) < 4.78 is 26.5. The third-order valence-corrected chi connectivity index (χ3v) is 3.72. The molecule has 0 unspecified atom stereocenters. The standard InChI is InChI=1S/C16H17F2NS/c1-2-7-19-11-12-8-14(18)10-16(9-12)20-15-5-3-13(17)4-6-15/h3-6,8-10,19H,2,7,11H2,1H3. The van der Waals surface area contributed by atoms with Gasteiger partial charge in [-0.05, 0) is 61.0 Å². The van der Waals surface area contributed by atoms with Crippen molar-refractivity contribution in [3.05, 3.63) is 59.7 Å². The van der Waals surface area contributed by atoms with E-state index in [-0.39, 0.29) is 11.6 Å². The molecule has 2 aromatic rings. The minimum Gasteiger partial charge on any atom is -0.313 e. The van der Waals surface area contributed by atoms with Crippen LogP contribution in [0, 0.1) is 11.6 Å². The van der Waals surface area contributed by atoms with Crippen LogP contribution in [-0.4, -0.2) is 6.54 Å². The second kappa shape index (κ2) is 7.41. The maximum atomic E-state index is 13.6. The van der Waals surface area contributed by atoms with Gasteiger partial charge in [-0.1, -0.05) is 18.7 Å². The molecule has 20 heavy (non-hydrogen) atoms. The molecule has 4 heteroatoms. The lowest BCUT2D eigenvalue weighted by molar-refractivity contribution is 0.615. The third-order valence-electron chi connectivity index (χ3n) is 2.74. The van der Waals surface area contributed by atoms with Crippen molar-refractivity contribution in [2.75, 3.05) is 6.54 Å². The Balaban J connectivity index is 2.09. The Morgan fingerprint density at radius 2 is 1.70 bits per heavy atom. The molecule has 1 N–H and O–H groups in total. The number of halogens is 2. The molecule has 106 valence electrons. The summed E-state index contributed by atoms with van der Waals surface area (Å²) in [6.07, 6.45) is 1.05. The zero-order valence-corrected chi connectivity index (χ0v) is 12.1. The molecule has 0 radical (unpaired) electrons. The lowest BCUT2D eigenvalue weighted by atomic mass is 10.2. The van der Waals surface area contributed by atoms with Gasteiger partial charge in [-0.15, -0.1) is 0 Å². The molecule has 0 bridgehead atoms. The highest BCUT2D eigenvalue weighted by Gasteiger charge is 2.03. The van der Waals surface area contributed by atoms with Crippen molar-refractivity contribution >= 4 is 11.8 Å². The average Bonchev–Trinajstić information content (AvgIpc) is 2.41. The van der Waals surface area contributed by atoms with Gasteiger partial charge in [0, 0.05) is 16.3 Å². The minimum atomic E-state index is -0.266. The lowest BCUT2D eigenvalue weighted by Gasteiger charge is -2.07. The smallest absolute Gasteiger partial charge is 0.124 e. The number of benzene rings is 2. The fourth-order valence-electron chi connectivity index (χ4n) is 1.83. The van der Waals surface area contributed by atoms with Crippen molar-refractivity contribution in [2.24, 2.45) is 0 Å². The fraction of sp³-hybridized carbons (Fsp3) is 0.250. The van der Waals surface area contributed by atoms with E-state index in [4.69, 9.17) is 0 Å². The first-order valence-corrected chi connectivity index (χ1v) is 7.42. The number of hydrogen-bond donors (Lipinski definition) is 1. The Morgan fingerprint density at radius 3 is 2.40 bits per heavy atom. The highest BCUT2D eigenvalue weighted by atomic mass is 32.2. The van der Waals surface area contributed by atoms with Gasteiger partial charge < -0.3 is 5.32 Å². The van der Waals surface area contributed by atoms with Crippen molar-refractivity contribution in [3.63, 3.8) is 0 Å². The Labute approximate surface area is 122 Å². The molecule has 1 nitrogen and oxygen atoms in total. The molecule has 2 rings (SSSR count). The number of hydrogen-bond acceptors (Lipinski definition) is 2. The van der Waals surface area contributed by atoms with Crippen LogP contribution in [0.2, 0.25) is 0 Å². The van der Waals surface area contributed by atoms with Crippen molar-refractivity contribution in [2.45, 2.75) is 29.7 Å². The highest BCUT2D eigenvalue weighted by Crippen LogP contribution is 2.29. The third kappa shape index (κ3) is 4.62. The molecular formula is C16H17F2NS. The van der Waals surface area contributed by atoms with Gasteiger partial charge in [-0.2, -0.15) is 0 Å². The molecule has 0 aliphatic heterocycles. The zero-order valence-electron chi connectivity index (χ0n) is 11.3. The van der Waals surface area contributed by atoms with Crippen LogP contribution in [0.5, 0.6) is 0 Å². The SMILES string of the molecule is CCCNCc1cc(F)cc(Sc2ccc(F)cc2)c1. The predicted octanol–water partition coefficient (Wildman–Crippen LogP) is 4.62. The summed E-state index contributed by atoms with van der Waals surface area (Å²) in [5.74, 6) is -0.511. The summed E-state index contributed by atoms with van der Waals surface area (Å²) in [6.45, 7) is 3.66. The van der Waals surface area contributed by atoms with E-state index >= 15 is 0 Å². The van der Waals surface area contributed by atoms with E-state index < -0.39 is 0 Å². The van der Waals surface area contributed by atoms with Crippen LogP contribution < -0.4 is 5.32 Å². The molecule has 0 aliphatic carbocycles. The van der Waals surface area contributed by atoms with Gasteiger partial charge in [-0.3, -0.25) is 0 Å². The van der Waals surface area contributed by atoms with Gasteiger partial charge in [-0.25, -0.2) is 8.78 Å². The van der Waals surface area contributed by atoms with Crippen LogP contribution in [0.3, 0.4) is 0 Å². The predicted molar refractivity (Wildman–Crippen MR) is 78.9 cm³/mol. The van der Waals surface area contributed by atoms with Crippen molar-refractivity contribution in [3.8, 4) is 0 Å². The van der Waals surface area contributed by atoms with Crippen LogP contribution in [-0.2, 0) is 6.54 Å². The normalized spacial score (nSPS) is 10.8. The Hall–Kier alpha value is -1.39. The van der Waals surface area contributed by atoms with Crippen LogP contribution >= 0.6 is 11.8 Å². The first kappa shape index (κ1) is 15.0. The largest absolute Gasteiger partial charge is 0.313 e. The Kier molecular flexibility index (Phi) is 5.56. The van der Waals surface area contributed by atoms with Crippen LogP contribution in [0.4, 0.5) is 8.78 Å². The van der Waals surface area contributed by atoms with Crippen LogP contribution in [0.1, 0.15) is 18.9 Å². The Morgan fingerprint density at radius 1 is 0.950 bits per heavy atom. The number of rotatable bonds is 6. The van der Waals surface area contributed by atoms with Gasteiger partial charge in [0.05, 0.1) is 0 Å². The molecule has 0 heterocycles. The van der Waals surface area contributed by atoms with E-state index in [1.807, 2.05) is 6.07 Å². The average molecular weight is 293 g/mol. The zero-order chi connectivity index (χ0) is 14.4. The molecule has 0 fully saturated rings. The van der Waals surface area contributed by atoms with Crippen molar-refractivity contribution in [1.29, 1.82) is 0 Å². The first-order valence-electron chi connectivity index (χ1n) is 6.61. The van der Waals surface area contributed by atoms with E-state index in [9.17, 15) is 8.78 Å². The van der Waals surface area contributed by atoms with Crippen molar-refractivity contribution < 1.29 is 8.78 Å². The van der Waals surface area contributed by atoms with E-state index in [0.29, 0.717) is 6.54 Å². The maximum Gasteiger partial charge on any atom is 0.124 e. The molecule has 0 saturated heterocycles. The van der Waals surface area contributed by atoms with E-state index in [1.165, 1.54) is 36.0 Å². The van der Waals surface area contributed by atoms with Gasteiger partial charge >= 0.3 is 0 Å². The molecule has 0 amide bonds. The maximum absolute atomic E-state index is 13.6. The molecule has 0 aliphatic rings. The first-order chi connectivity index (χ1) is 9.67. The summed E-state index contributed by atoms with van der Waals surface area (Å²) in [5.41, 5.74) is 0.920. The molecule has 0 atom stereocenters.